The summed E-state index contributed by atoms with van der Waals surface area (Å²) in [5.74, 6) is -2.23. The van der Waals surface area contributed by atoms with Crippen molar-refractivity contribution in [2.24, 2.45) is 0 Å². The van der Waals surface area contributed by atoms with Crippen LogP contribution in [0.2, 0.25) is 0 Å². The number of aryl methyl sites for hydroxylation is 1. The van der Waals surface area contributed by atoms with Gasteiger partial charge >= 0.3 is 11.9 Å². The van der Waals surface area contributed by atoms with Crippen LogP contribution in [0.3, 0.4) is 0 Å². The highest BCUT2D eigenvalue weighted by Gasteiger charge is 2.36. The molecule has 0 heterocycles. The van der Waals surface area contributed by atoms with E-state index in [1.807, 2.05) is 0 Å². The van der Waals surface area contributed by atoms with Gasteiger partial charge < -0.3 is 9.47 Å². The fourth-order valence-electron chi connectivity index (χ4n) is 1.50. The minimum atomic E-state index is -4.30. The Kier molecular flexibility index (Phi) is 6.51. The monoisotopic (exact) mass is 330 g/mol. The van der Waals surface area contributed by atoms with E-state index in [2.05, 4.69) is 9.47 Å². The van der Waals surface area contributed by atoms with Crippen LogP contribution in [0.1, 0.15) is 19.4 Å². The molecule has 0 bridgehead atoms. The molecule has 0 saturated heterocycles. The van der Waals surface area contributed by atoms with E-state index >= 15 is 0 Å². The van der Waals surface area contributed by atoms with Crippen molar-refractivity contribution in [2.45, 2.75) is 31.8 Å². The van der Waals surface area contributed by atoms with Gasteiger partial charge in [0.05, 0.1) is 18.1 Å². The first kappa shape index (κ1) is 18.1. The smallest absolute Gasteiger partial charge is 0.348 e. The minimum Gasteiger partial charge on any atom is -0.464 e. The third-order valence-electron chi connectivity index (χ3n) is 2.53. The van der Waals surface area contributed by atoms with Crippen LogP contribution in [0.4, 0.5) is 0 Å². The van der Waals surface area contributed by atoms with Gasteiger partial charge in [-0.15, -0.1) is 0 Å². The average Bonchev–Trinajstić information content (AvgIpc) is 2.45. The largest absolute Gasteiger partial charge is 0.464 e. The molecule has 8 heteroatoms. The second-order valence-corrected chi connectivity index (χ2v) is 5.82. The zero-order valence-electron chi connectivity index (χ0n) is 12.6. The van der Waals surface area contributed by atoms with E-state index < -0.39 is 28.2 Å². The molecule has 1 rings (SSSR count). The summed E-state index contributed by atoms with van der Waals surface area (Å²) in [4.78, 5) is 23.3. The molecule has 0 atom stereocenters. The second kappa shape index (κ2) is 7.90. The molecule has 0 aliphatic rings. The van der Waals surface area contributed by atoms with Gasteiger partial charge in [0.15, 0.2) is 0 Å². The SMILES string of the molecule is CCOC(=O)C(OS(=O)(=O)c1ccc(C)cc1)C(=O)OCC. The van der Waals surface area contributed by atoms with Crippen LogP contribution in [0.15, 0.2) is 29.2 Å². The third-order valence-corrected chi connectivity index (χ3v) is 3.83. The number of ether oxygens (including phenoxy) is 2. The number of hydrogen-bond donors (Lipinski definition) is 0. The van der Waals surface area contributed by atoms with Gasteiger partial charge in [0.1, 0.15) is 0 Å². The molecule has 7 nitrogen and oxygen atoms in total. The number of hydrogen-bond acceptors (Lipinski definition) is 7. The van der Waals surface area contributed by atoms with Gasteiger partial charge in [-0.05, 0) is 32.9 Å². The van der Waals surface area contributed by atoms with Gasteiger partial charge in [0.25, 0.3) is 16.2 Å². The molecule has 0 aliphatic heterocycles. The topological polar surface area (TPSA) is 96.0 Å². The highest BCUT2D eigenvalue weighted by atomic mass is 32.2. The predicted molar refractivity (Wildman–Crippen MR) is 76.5 cm³/mol. The third kappa shape index (κ3) is 4.81. The molecule has 0 saturated carbocycles. The molecule has 0 amide bonds. The Labute approximate surface area is 129 Å². The lowest BCUT2D eigenvalue weighted by Gasteiger charge is -2.15. The number of rotatable bonds is 7. The van der Waals surface area contributed by atoms with Crippen LogP contribution in [-0.2, 0) is 33.4 Å². The van der Waals surface area contributed by atoms with Crippen molar-refractivity contribution in [3.05, 3.63) is 29.8 Å². The van der Waals surface area contributed by atoms with Crippen molar-refractivity contribution in [3.8, 4) is 0 Å². The van der Waals surface area contributed by atoms with Gasteiger partial charge in [-0.3, -0.25) is 0 Å². The molecule has 22 heavy (non-hydrogen) atoms. The molecule has 0 aromatic heterocycles. The van der Waals surface area contributed by atoms with Crippen molar-refractivity contribution in [2.75, 3.05) is 13.2 Å². The summed E-state index contributed by atoms with van der Waals surface area (Å²) in [5.41, 5.74) is 0.853. The average molecular weight is 330 g/mol. The minimum absolute atomic E-state index is 0.0251. The molecular weight excluding hydrogens is 312 g/mol. The van der Waals surface area contributed by atoms with Crippen LogP contribution in [0, 0.1) is 6.92 Å². The molecule has 1 aromatic carbocycles. The number of benzene rings is 1. The van der Waals surface area contributed by atoms with E-state index in [0.29, 0.717) is 0 Å². The molecule has 0 unspecified atom stereocenters. The maximum atomic E-state index is 12.1. The van der Waals surface area contributed by atoms with Crippen LogP contribution in [0.25, 0.3) is 0 Å². The Bertz CT molecular complexity index is 601. The maximum absolute atomic E-state index is 12.1. The molecule has 0 N–H and O–H groups in total. The van der Waals surface area contributed by atoms with Crippen molar-refractivity contribution in [1.29, 1.82) is 0 Å². The van der Waals surface area contributed by atoms with Crippen molar-refractivity contribution < 1.29 is 31.7 Å². The Morgan fingerprint density at radius 3 is 1.86 bits per heavy atom. The molecule has 0 radical (unpaired) electrons. The van der Waals surface area contributed by atoms with E-state index in [0.717, 1.165) is 5.56 Å². The first-order valence-corrected chi connectivity index (χ1v) is 8.05. The Morgan fingerprint density at radius 1 is 1.00 bits per heavy atom. The predicted octanol–water partition coefficient (Wildman–Crippen LogP) is 1.20. The lowest BCUT2D eigenvalue weighted by atomic mass is 10.2. The maximum Gasteiger partial charge on any atom is 0.348 e. The van der Waals surface area contributed by atoms with Crippen LogP contribution in [-0.4, -0.2) is 39.7 Å². The lowest BCUT2D eigenvalue weighted by molar-refractivity contribution is -0.166. The molecule has 0 spiro atoms. The highest BCUT2D eigenvalue weighted by molar-refractivity contribution is 7.86. The fraction of sp³-hybridized carbons (Fsp3) is 0.429. The van der Waals surface area contributed by atoms with E-state index in [9.17, 15) is 18.0 Å². The van der Waals surface area contributed by atoms with E-state index in [-0.39, 0.29) is 18.1 Å². The summed E-state index contributed by atoms with van der Waals surface area (Å²) in [6.45, 7) is 4.78. The van der Waals surface area contributed by atoms with Gasteiger partial charge in [0.2, 0.25) is 0 Å². The van der Waals surface area contributed by atoms with Crippen molar-refractivity contribution in [3.63, 3.8) is 0 Å². The van der Waals surface area contributed by atoms with Crippen LogP contribution < -0.4 is 0 Å². The number of carbonyl (C=O) groups excluding carboxylic acids is 2. The second-order valence-electron chi connectivity index (χ2n) is 4.25. The summed E-state index contributed by atoms with van der Waals surface area (Å²) in [5, 5.41) is 0. The summed E-state index contributed by atoms with van der Waals surface area (Å²) in [6.07, 6.45) is -1.98. The lowest BCUT2D eigenvalue weighted by Crippen LogP contribution is -2.38. The van der Waals surface area contributed by atoms with Crippen LogP contribution in [0.5, 0.6) is 0 Å². The Hall–Kier alpha value is -1.93. The fourth-order valence-corrected chi connectivity index (χ4v) is 2.49. The quantitative estimate of drug-likeness (QED) is 0.421. The molecule has 0 aliphatic carbocycles. The first-order chi connectivity index (χ1) is 10.3. The molecule has 1 aromatic rings. The van der Waals surface area contributed by atoms with Crippen molar-refractivity contribution >= 4 is 22.1 Å². The first-order valence-electron chi connectivity index (χ1n) is 6.65. The Balaban J connectivity index is 3.03. The van der Waals surface area contributed by atoms with Gasteiger partial charge in [0, 0.05) is 0 Å². The summed E-state index contributed by atoms with van der Waals surface area (Å²) in [7, 11) is -4.30. The number of carbonyl (C=O) groups is 2. The Morgan fingerprint density at radius 2 is 1.45 bits per heavy atom. The standard InChI is InChI=1S/C14H18O7S/c1-4-19-13(15)12(14(16)20-5-2)21-22(17,18)11-8-6-10(3)7-9-11/h6-9,12H,4-5H2,1-3H3. The molecule has 122 valence electrons. The van der Waals surface area contributed by atoms with Crippen molar-refractivity contribution in [1.82, 2.24) is 0 Å². The highest BCUT2D eigenvalue weighted by Crippen LogP contribution is 2.16. The summed E-state index contributed by atoms with van der Waals surface area (Å²) < 4.78 is 38.3. The summed E-state index contributed by atoms with van der Waals surface area (Å²) >= 11 is 0. The van der Waals surface area contributed by atoms with E-state index in [4.69, 9.17) is 4.18 Å². The molecular formula is C14H18O7S. The van der Waals surface area contributed by atoms with E-state index in [1.165, 1.54) is 26.0 Å². The number of esters is 2. The molecule has 0 fully saturated rings. The summed E-state index contributed by atoms with van der Waals surface area (Å²) in [6, 6.07) is 5.77. The van der Waals surface area contributed by atoms with Gasteiger partial charge in [-0.2, -0.15) is 8.42 Å². The van der Waals surface area contributed by atoms with Gasteiger partial charge in [-0.25, -0.2) is 13.8 Å². The zero-order valence-corrected chi connectivity index (χ0v) is 13.4. The van der Waals surface area contributed by atoms with Gasteiger partial charge in [-0.1, -0.05) is 17.7 Å². The van der Waals surface area contributed by atoms with E-state index in [1.54, 1.807) is 19.1 Å². The zero-order chi connectivity index (χ0) is 16.8. The van der Waals surface area contributed by atoms with Crippen LogP contribution >= 0.6 is 0 Å². The normalized spacial score (nSPS) is 11.3.